The van der Waals surface area contributed by atoms with Crippen molar-refractivity contribution in [3.8, 4) is 0 Å². The number of carbonyl (C=O) groups excluding carboxylic acids is 1. The second-order valence-electron chi connectivity index (χ2n) is 7.65. The summed E-state index contributed by atoms with van der Waals surface area (Å²) < 4.78 is 46.8. The molecule has 0 unspecified atom stereocenters. The summed E-state index contributed by atoms with van der Waals surface area (Å²) in [5.41, 5.74) is 0.987. The molecule has 0 aromatic heterocycles. The number of ether oxygens (including phenoxy) is 1. The van der Waals surface area contributed by atoms with E-state index in [1.54, 1.807) is 0 Å². The number of amides is 1. The quantitative estimate of drug-likeness (QED) is 0.572. The highest BCUT2D eigenvalue weighted by molar-refractivity contribution is 7.89. The molecular formula is C22H27FN2O5S. The van der Waals surface area contributed by atoms with E-state index in [9.17, 15) is 22.7 Å². The van der Waals surface area contributed by atoms with E-state index in [2.05, 4.69) is 10.0 Å². The third kappa shape index (κ3) is 6.33. The average molecular weight is 451 g/mol. The summed E-state index contributed by atoms with van der Waals surface area (Å²) in [5.74, 6) is -0.839. The summed E-state index contributed by atoms with van der Waals surface area (Å²) >= 11 is 0. The number of carbonyl (C=O) groups is 1. The fraction of sp³-hybridized carbons (Fsp3) is 0.409. The first kappa shape index (κ1) is 23.3. The molecule has 1 aliphatic heterocycles. The van der Waals surface area contributed by atoms with Crippen LogP contribution in [0.4, 0.5) is 4.39 Å². The van der Waals surface area contributed by atoms with E-state index in [4.69, 9.17) is 4.74 Å². The average Bonchev–Trinajstić information content (AvgIpc) is 2.75. The van der Waals surface area contributed by atoms with E-state index in [0.717, 1.165) is 17.7 Å². The van der Waals surface area contributed by atoms with Crippen molar-refractivity contribution < 1.29 is 27.4 Å². The number of aliphatic hydroxyl groups is 1. The minimum Gasteiger partial charge on any atom is -0.394 e. The Morgan fingerprint density at radius 3 is 2.61 bits per heavy atom. The summed E-state index contributed by atoms with van der Waals surface area (Å²) in [5, 5.41) is 12.6. The monoisotopic (exact) mass is 450 g/mol. The lowest BCUT2D eigenvalue weighted by Gasteiger charge is -2.35. The number of aliphatic hydroxyl groups excluding tert-OH is 1. The molecule has 4 atom stereocenters. The Bertz CT molecular complexity index is 986. The van der Waals surface area contributed by atoms with Crippen molar-refractivity contribution in [1.82, 2.24) is 10.0 Å². The van der Waals surface area contributed by atoms with Crippen LogP contribution in [0.15, 0.2) is 59.5 Å². The first-order valence-corrected chi connectivity index (χ1v) is 11.7. The smallest absolute Gasteiger partial charge is 0.241 e. The fourth-order valence-electron chi connectivity index (χ4n) is 3.65. The van der Waals surface area contributed by atoms with Crippen LogP contribution in [0.25, 0.3) is 0 Å². The second kappa shape index (κ2) is 10.3. The maximum Gasteiger partial charge on any atom is 0.241 e. The van der Waals surface area contributed by atoms with Gasteiger partial charge in [-0.15, -0.1) is 0 Å². The van der Waals surface area contributed by atoms with Crippen molar-refractivity contribution in [3.05, 3.63) is 66.0 Å². The predicted octanol–water partition coefficient (Wildman–Crippen LogP) is 2.28. The van der Waals surface area contributed by atoms with Crippen molar-refractivity contribution in [2.24, 2.45) is 0 Å². The van der Waals surface area contributed by atoms with Gasteiger partial charge >= 0.3 is 0 Å². The highest BCUT2D eigenvalue weighted by Gasteiger charge is 2.35. The topological polar surface area (TPSA) is 105 Å². The van der Waals surface area contributed by atoms with Crippen LogP contribution in [0.3, 0.4) is 0 Å². The Morgan fingerprint density at radius 2 is 1.94 bits per heavy atom. The number of halogens is 1. The third-order valence-corrected chi connectivity index (χ3v) is 6.79. The molecule has 0 aliphatic carbocycles. The van der Waals surface area contributed by atoms with Gasteiger partial charge in [0, 0.05) is 0 Å². The lowest BCUT2D eigenvalue weighted by Crippen LogP contribution is -2.51. The van der Waals surface area contributed by atoms with Gasteiger partial charge in [0.25, 0.3) is 0 Å². The molecule has 31 heavy (non-hydrogen) atoms. The van der Waals surface area contributed by atoms with E-state index in [1.165, 1.54) is 12.1 Å². The van der Waals surface area contributed by atoms with Crippen LogP contribution in [0, 0.1) is 5.82 Å². The van der Waals surface area contributed by atoms with Crippen LogP contribution in [0.2, 0.25) is 0 Å². The van der Waals surface area contributed by atoms with Crippen molar-refractivity contribution in [2.75, 3.05) is 6.61 Å². The molecule has 1 amide bonds. The van der Waals surface area contributed by atoms with Crippen LogP contribution >= 0.6 is 0 Å². The van der Waals surface area contributed by atoms with E-state index in [1.807, 2.05) is 37.3 Å². The molecule has 1 saturated heterocycles. The normalized spacial score (nSPS) is 22.6. The van der Waals surface area contributed by atoms with Crippen LogP contribution in [0.5, 0.6) is 0 Å². The minimum absolute atomic E-state index is 0.108. The van der Waals surface area contributed by atoms with Gasteiger partial charge in [-0.25, -0.2) is 17.5 Å². The lowest BCUT2D eigenvalue weighted by molar-refractivity contribution is -0.131. The first-order chi connectivity index (χ1) is 14.8. The van der Waals surface area contributed by atoms with Gasteiger partial charge in [0.05, 0.1) is 42.2 Å². The Kier molecular flexibility index (Phi) is 7.77. The van der Waals surface area contributed by atoms with Crippen molar-refractivity contribution in [3.63, 3.8) is 0 Å². The maximum absolute atomic E-state index is 13.4. The molecule has 0 radical (unpaired) electrons. The fourth-order valence-corrected chi connectivity index (χ4v) is 4.98. The number of benzene rings is 2. The molecule has 0 saturated carbocycles. The first-order valence-electron chi connectivity index (χ1n) is 10.2. The summed E-state index contributed by atoms with van der Waals surface area (Å²) in [4.78, 5) is 12.2. The van der Waals surface area contributed by atoms with E-state index >= 15 is 0 Å². The van der Waals surface area contributed by atoms with Crippen LogP contribution in [-0.2, 0) is 19.6 Å². The van der Waals surface area contributed by atoms with Gasteiger partial charge in [0.15, 0.2) is 0 Å². The molecule has 7 nitrogen and oxygen atoms in total. The molecule has 3 rings (SSSR count). The van der Waals surface area contributed by atoms with Gasteiger partial charge in [-0.3, -0.25) is 4.79 Å². The Labute approximate surface area is 181 Å². The second-order valence-corrected chi connectivity index (χ2v) is 9.36. The maximum atomic E-state index is 13.4. The highest BCUT2D eigenvalue weighted by Crippen LogP contribution is 2.24. The van der Waals surface area contributed by atoms with E-state index in [0.29, 0.717) is 12.8 Å². The van der Waals surface area contributed by atoms with E-state index < -0.39 is 40.7 Å². The molecule has 1 fully saturated rings. The standard InChI is InChI=1S/C22H27FN2O5S/c1-15(16-6-3-2-4-7-16)24-22(27)13-18-10-11-20(21(14-26)30-18)25-31(28,29)19-9-5-8-17(23)12-19/h2-9,12,15,18,20-21,25-26H,10-11,13-14H2,1H3,(H,24,27)/t15-,18+,20-,21-/m0/s1. The third-order valence-electron chi connectivity index (χ3n) is 5.30. The SMILES string of the molecule is C[C@H](NC(=O)C[C@H]1CC[C@H](NS(=O)(=O)c2cccc(F)c2)[C@H](CO)O1)c1ccccc1. The lowest BCUT2D eigenvalue weighted by atomic mass is 9.97. The largest absolute Gasteiger partial charge is 0.394 e. The molecule has 1 aliphatic rings. The number of hydrogen-bond donors (Lipinski definition) is 3. The summed E-state index contributed by atoms with van der Waals surface area (Å²) in [7, 11) is -3.97. The summed E-state index contributed by atoms with van der Waals surface area (Å²) in [6.07, 6.45) is -0.306. The van der Waals surface area contributed by atoms with Gasteiger partial charge in [-0.05, 0) is 43.5 Å². The van der Waals surface area contributed by atoms with Gasteiger partial charge in [0.1, 0.15) is 5.82 Å². The van der Waals surface area contributed by atoms with Crippen LogP contribution in [-0.4, -0.2) is 44.3 Å². The molecule has 1 heterocycles. The van der Waals surface area contributed by atoms with Gasteiger partial charge in [0.2, 0.25) is 15.9 Å². The Balaban J connectivity index is 1.56. The Morgan fingerprint density at radius 1 is 1.19 bits per heavy atom. The summed E-state index contributed by atoms with van der Waals surface area (Å²) in [6, 6.07) is 13.4. The van der Waals surface area contributed by atoms with E-state index in [-0.39, 0.29) is 23.3 Å². The van der Waals surface area contributed by atoms with Crippen molar-refractivity contribution in [1.29, 1.82) is 0 Å². The van der Waals surface area contributed by atoms with Crippen LogP contribution < -0.4 is 10.0 Å². The minimum atomic E-state index is -3.97. The summed E-state index contributed by atoms with van der Waals surface area (Å²) in [6.45, 7) is 1.48. The van der Waals surface area contributed by atoms with Crippen LogP contribution in [0.1, 0.15) is 37.8 Å². The number of sulfonamides is 1. The van der Waals surface area contributed by atoms with Gasteiger partial charge in [-0.1, -0.05) is 36.4 Å². The molecule has 2 aromatic rings. The van der Waals surface area contributed by atoms with Crippen molar-refractivity contribution >= 4 is 15.9 Å². The molecule has 2 aromatic carbocycles. The molecule has 168 valence electrons. The predicted molar refractivity (Wildman–Crippen MR) is 113 cm³/mol. The Hall–Kier alpha value is -2.33. The zero-order valence-corrected chi connectivity index (χ0v) is 18.0. The molecule has 9 heteroatoms. The molecule has 3 N–H and O–H groups in total. The van der Waals surface area contributed by atoms with Gasteiger partial charge < -0.3 is 15.2 Å². The number of nitrogens with one attached hydrogen (secondary N) is 2. The number of rotatable bonds is 8. The zero-order chi connectivity index (χ0) is 22.4. The molecule has 0 spiro atoms. The van der Waals surface area contributed by atoms with Crippen molar-refractivity contribution in [2.45, 2.75) is 55.4 Å². The molecule has 0 bridgehead atoms. The molecular weight excluding hydrogens is 423 g/mol. The van der Waals surface area contributed by atoms with Gasteiger partial charge in [-0.2, -0.15) is 0 Å². The highest BCUT2D eigenvalue weighted by atomic mass is 32.2. The number of hydrogen-bond acceptors (Lipinski definition) is 5. The zero-order valence-electron chi connectivity index (χ0n) is 17.2.